The first-order chi connectivity index (χ1) is 12.2. The highest BCUT2D eigenvalue weighted by Gasteiger charge is 2.24. The Morgan fingerprint density at radius 1 is 0.769 bits per heavy atom. The molecular weight excluding hydrogens is 341 g/mol. The van der Waals surface area contributed by atoms with Crippen LogP contribution in [0.3, 0.4) is 0 Å². The van der Waals surface area contributed by atoms with Gasteiger partial charge in [0.25, 0.3) is 0 Å². The lowest BCUT2D eigenvalue weighted by molar-refractivity contribution is -0.736. The summed E-state index contributed by atoms with van der Waals surface area (Å²) in [6.07, 6.45) is 4.58. The number of nitrogens with zero attached hydrogens (tertiary/aromatic N) is 1. The first-order valence-electron chi connectivity index (χ1n) is 9.25. The Hall–Kier alpha value is -1.85. The van der Waals surface area contributed by atoms with E-state index in [1.165, 1.54) is 35.4 Å². The smallest absolute Gasteiger partial charge is 0.418 e. The van der Waals surface area contributed by atoms with Crippen LogP contribution in [0, 0.1) is 0 Å². The van der Waals surface area contributed by atoms with Gasteiger partial charge in [0.05, 0.1) is 0 Å². The second-order valence-corrected chi connectivity index (χ2v) is 6.14. The van der Waals surface area contributed by atoms with Crippen molar-refractivity contribution in [1.82, 2.24) is 0 Å². The molecule has 0 saturated carbocycles. The van der Waals surface area contributed by atoms with Gasteiger partial charge in [-0.3, -0.25) is 0 Å². The third-order valence-corrected chi connectivity index (χ3v) is 4.40. The molecule has 0 aliphatic carbocycles. The van der Waals surface area contributed by atoms with Crippen LogP contribution >= 0.6 is 0 Å². The molecule has 1 nitrogen and oxygen atoms in total. The van der Waals surface area contributed by atoms with Gasteiger partial charge in [0.2, 0.25) is 0 Å². The van der Waals surface area contributed by atoms with Crippen LogP contribution in [0.15, 0.2) is 42.5 Å². The van der Waals surface area contributed by atoms with Gasteiger partial charge in [-0.25, -0.2) is 0 Å². The Morgan fingerprint density at radius 2 is 1.19 bits per heavy atom. The van der Waals surface area contributed by atoms with E-state index in [4.69, 9.17) is 0 Å². The molecule has 2 rings (SSSR count). The maximum Gasteiger partial charge on any atom is 0.673 e. The molecule has 0 fully saturated rings. The van der Waals surface area contributed by atoms with Crippen molar-refractivity contribution in [2.24, 2.45) is 0 Å². The van der Waals surface area contributed by atoms with Crippen LogP contribution in [0.5, 0.6) is 0 Å². The van der Waals surface area contributed by atoms with Crippen LogP contribution in [0.4, 0.5) is 17.3 Å². The van der Waals surface area contributed by atoms with Crippen molar-refractivity contribution >= 4 is 7.25 Å². The van der Waals surface area contributed by atoms with Crippen LogP contribution < -0.4 is 4.57 Å². The summed E-state index contributed by atoms with van der Waals surface area (Å²) in [6, 6.07) is 16.1. The van der Waals surface area contributed by atoms with Crippen LogP contribution in [0.2, 0.25) is 0 Å². The fourth-order valence-corrected chi connectivity index (χ4v) is 3.19. The van der Waals surface area contributed by atoms with E-state index in [1.54, 1.807) is 0 Å². The highest BCUT2D eigenvalue weighted by molar-refractivity contribution is 6.50. The zero-order valence-electron chi connectivity index (χ0n) is 16.0. The lowest BCUT2D eigenvalue weighted by atomic mass is 10.0. The number of halogens is 4. The van der Waals surface area contributed by atoms with Crippen molar-refractivity contribution in [3.63, 3.8) is 0 Å². The largest absolute Gasteiger partial charge is 0.673 e. The Morgan fingerprint density at radius 3 is 1.54 bits per heavy atom. The van der Waals surface area contributed by atoms with E-state index < -0.39 is 7.25 Å². The molecule has 0 bridgehead atoms. The molecule has 26 heavy (non-hydrogen) atoms. The summed E-state index contributed by atoms with van der Waals surface area (Å²) < 4.78 is 41.6. The van der Waals surface area contributed by atoms with Crippen LogP contribution in [-0.2, 0) is 12.8 Å². The fraction of sp³-hybridized carbons (Fsp3) is 0.450. The minimum absolute atomic E-state index is 0.625. The SMILES string of the molecule is CCc1cc(-c2ccccc2)cc(CC)[n+]1C(CC)CC.F[B-](F)(F)F. The van der Waals surface area contributed by atoms with Gasteiger partial charge in [-0.2, -0.15) is 4.57 Å². The van der Waals surface area contributed by atoms with E-state index in [0.29, 0.717) is 6.04 Å². The molecule has 0 aliphatic rings. The monoisotopic (exact) mass is 369 g/mol. The standard InChI is InChI=1S/C20H28N.BF4/c1-5-18(6-2)21-19(7-3)14-17(15-20(21)8-4)16-12-10-9-11-13-16;2-1(3,4)5/h9-15,18H,5-8H2,1-4H3;/q+1;-1. The maximum absolute atomic E-state index is 9.75. The van der Waals surface area contributed by atoms with Crippen molar-refractivity contribution in [3.05, 3.63) is 53.9 Å². The number of aryl methyl sites for hydroxylation is 2. The molecule has 0 spiro atoms. The average Bonchev–Trinajstić information content (AvgIpc) is 2.62. The lowest BCUT2D eigenvalue weighted by Gasteiger charge is -2.16. The predicted molar refractivity (Wildman–Crippen MR) is 101 cm³/mol. The van der Waals surface area contributed by atoms with Crippen molar-refractivity contribution in [3.8, 4) is 11.1 Å². The summed E-state index contributed by atoms with van der Waals surface area (Å²) in [5, 5.41) is 0. The quantitative estimate of drug-likeness (QED) is 0.314. The topological polar surface area (TPSA) is 3.88 Å². The summed E-state index contributed by atoms with van der Waals surface area (Å²) in [5.41, 5.74) is 5.59. The number of pyridine rings is 1. The second-order valence-electron chi connectivity index (χ2n) is 6.14. The summed E-state index contributed by atoms with van der Waals surface area (Å²) in [4.78, 5) is 0. The molecule has 0 N–H and O–H groups in total. The molecular formula is C20H28BF4N. The Balaban J connectivity index is 0.000000597. The van der Waals surface area contributed by atoms with Crippen molar-refractivity contribution in [2.45, 2.75) is 59.4 Å². The molecule has 0 aliphatic heterocycles. The van der Waals surface area contributed by atoms with Crippen molar-refractivity contribution in [2.75, 3.05) is 0 Å². The summed E-state index contributed by atoms with van der Waals surface area (Å²) in [5.74, 6) is 0. The molecule has 1 heterocycles. The highest BCUT2D eigenvalue weighted by Crippen LogP contribution is 2.22. The number of benzene rings is 1. The number of aromatic nitrogens is 1. The maximum atomic E-state index is 9.75. The minimum Gasteiger partial charge on any atom is -0.418 e. The highest BCUT2D eigenvalue weighted by atomic mass is 19.5. The summed E-state index contributed by atoms with van der Waals surface area (Å²) >= 11 is 0. The van der Waals surface area contributed by atoms with Crippen LogP contribution in [0.1, 0.15) is 58.0 Å². The van der Waals surface area contributed by atoms with Gasteiger partial charge in [0.1, 0.15) is 0 Å². The third-order valence-electron chi connectivity index (χ3n) is 4.40. The molecule has 144 valence electrons. The van der Waals surface area contributed by atoms with Gasteiger partial charge < -0.3 is 17.3 Å². The van der Waals surface area contributed by atoms with E-state index >= 15 is 0 Å². The van der Waals surface area contributed by atoms with E-state index in [1.807, 2.05) is 0 Å². The van der Waals surface area contributed by atoms with E-state index in [9.17, 15) is 17.3 Å². The molecule has 6 heteroatoms. The van der Waals surface area contributed by atoms with Crippen LogP contribution in [-0.4, -0.2) is 7.25 Å². The Labute approximate surface area is 154 Å². The van der Waals surface area contributed by atoms with E-state index in [0.717, 1.165) is 12.8 Å². The normalized spacial score (nSPS) is 11.3. The van der Waals surface area contributed by atoms with E-state index in [2.05, 4.69) is 74.7 Å². The molecule has 0 radical (unpaired) electrons. The van der Waals surface area contributed by atoms with Gasteiger partial charge in [0, 0.05) is 37.8 Å². The summed E-state index contributed by atoms with van der Waals surface area (Å²) in [7, 11) is -6.00. The molecule has 1 aromatic carbocycles. The molecule has 0 saturated heterocycles. The van der Waals surface area contributed by atoms with Crippen molar-refractivity contribution < 1.29 is 21.8 Å². The molecule has 0 amide bonds. The van der Waals surface area contributed by atoms with Crippen LogP contribution in [0.25, 0.3) is 11.1 Å². The van der Waals surface area contributed by atoms with Crippen molar-refractivity contribution in [1.29, 1.82) is 0 Å². The van der Waals surface area contributed by atoms with E-state index in [-0.39, 0.29) is 0 Å². The average molecular weight is 369 g/mol. The minimum atomic E-state index is -6.00. The second kappa shape index (κ2) is 10.3. The zero-order valence-corrected chi connectivity index (χ0v) is 16.0. The Kier molecular flexibility index (Phi) is 8.83. The first-order valence-corrected chi connectivity index (χ1v) is 9.25. The third kappa shape index (κ3) is 6.81. The van der Waals surface area contributed by atoms with Gasteiger partial charge in [-0.05, 0) is 11.1 Å². The molecule has 0 unspecified atom stereocenters. The lowest BCUT2D eigenvalue weighted by Crippen LogP contribution is -2.46. The Bertz CT molecular complexity index is 636. The number of rotatable bonds is 6. The van der Waals surface area contributed by atoms with Gasteiger partial charge in [0.15, 0.2) is 17.4 Å². The molecule has 1 aromatic heterocycles. The molecule has 0 atom stereocenters. The molecule has 2 aromatic rings. The van der Waals surface area contributed by atoms with Gasteiger partial charge >= 0.3 is 7.25 Å². The van der Waals surface area contributed by atoms with Gasteiger partial charge in [-0.15, -0.1) is 0 Å². The predicted octanol–water partition coefficient (Wildman–Crippen LogP) is 6.43. The first kappa shape index (κ1) is 22.2. The zero-order chi connectivity index (χ0) is 19.7. The van der Waals surface area contributed by atoms with Gasteiger partial charge in [-0.1, -0.05) is 58.0 Å². The summed E-state index contributed by atoms with van der Waals surface area (Å²) in [6.45, 7) is 9.13. The fourth-order valence-electron chi connectivity index (χ4n) is 3.19. The number of hydrogen-bond acceptors (Lipinski definition) is 0. The number of hydrogen-bond donors (Lipinski definition) is 0.